The van der Waals surface area contributed by atoms with Crippen molar-refractivity contribution >= 4 is 12.2 Å². The van der Waals surface area contributed by atoms with Gasteiger partial charge in [0.05, 0.1) is 7.11 Å². The molecule has 0 fully saturated rings. The summed E-state index contributed by atoms with van der Waals surface area (Å²) in [6, 6.07) is 4.85. The van der Waals surface area contributed by atoms with Gasteiger partial charge in [-0.2, -0.15) is 0 Å². The maximum absolute atomic E-state index is 9.32. The summed E-state index contributed by atoms with van der Waals surface area (Å²) in [6.45, 7) is 0. The first kappa shape index (κ1) is 10.8. The number of phenols is 1. The van der Waals surface area contributed by atoms with Crippen molar-refractivity contribution in [2.24, 2.45) is 16.6 Å². The molecule has 0 spiro atoms. The highest BCUT2D eigenvalue weighted by Gasteiger charge is 2.02. The minimum Gasteiger partial charge on any atom is -0.504 e. The molecule has 0 heterocycles. The number of nitrogens with zero attached hydrogens (tertiary/aromatic N) is 1. The second-order valence-electron chi connectivity index (χ2n) is 2.74. The van der Waals surface area contributed by atoms with E-state index in [1.165, 1.54) is 13.2 Å². The van der Waals surface area contributed by atoms with Crippen LogP contribution < -0.4 is 21.3 Å². The third-order valence-corrected chi connectivity index (χ3v) is 1.63. The van der Waals surface area contributed by atoms with E-state index < -0.39 is 0 Å². The van der Waals surface area contributed by atoms with Crippen molar-refractivity contribution in [3.8, 4) is 11.5 Å². The van der Waals surface area contributed by atoms with E-state index >= 15 is 0 Å². The monoisotopic (exact) mass is 209 g/mol. The number of phenolic OH excluding ortho intramolecular Hbond substituents is 1. The van der Waals surface area contributed by atoms with E-state index in [9.17, 15) is 5.11 Å². The van der Waals surface area contributed by atoms with Gasteiger partial charge in [-0.05, 0) is 18.2 Å². The van der Waals surface area contributed by atoms with Crippen LogP contribution >= 0.6 is 0 Å². The normalized spacial score (nSPS) is 10.2. The van der Waals surface area contributed by atoms with Crippen LogP contribution in [0.3, 0.4) is 0 Å². The van der Waals surface area contributed by atoms with Crippen LogP contribution in [0.5, 0.6) is 11.5 Å². The maximum atomic E-state index is 9.32. The molecular weight excluding hydrogens is 196 g/mol. The molecular formula is C9H13N4O2+. The van der Waals surface area contributed by atoms with Gasteiger partial charge in [0, 0.05) is 10.7 Å². The van der Waals surface area contributed by atoms with Crippen LogP contribution in [0.25, 0.3) is 0 Å². The minimum absolute atomic E-state index is 0.0583. The quantitative estimate of drug-likeness (QED) is 0.264. The highest BCUT2D eigenvalue weighted by atomic mass is 16.5. The van der Waals surface area contributed by atoms with Crippen LogP contribution in [0.15, 0.2) is 23.3 Å². The van der Waals surface area contributed by atoms with Crippen molar-refractivity contribution in [2.75, 3.05) is 7.11 Å². The van der Waals surface area contributed by atoms with Crippen LogP contribution in [0, 0.1) is 0 Å². The Labute approximate surface area is 86.9 Å². The number of nitrogens with one attached hydrogen (secondary N) is 1. The highest BCUT2D eigenvalue weighted by molar-refractivity contribution is 5.77. The molecule has 1 aromatic carbocycles. The van der Waals surface area contributed by atoms with E-state index in [0.717, 1.165) is 5.56 Å². The van der Waals surface area contributed by atoms with E-state index in [4.69, 9.17) is 16.2 Å². The summed E-state index contributed by atoms with van der Waals surface area (Å²) in [5.41, 5.74) is 11.0. The number of hydrogen-bond donors (Lipinski definition) is 4. The molecule has 0 aromatic heterocycles. The molecule has 0 amide bonds. The Morgan fingerprint density at radius 2 is 2.27 bits per heavy atom. The van der Waals surface area contributed by atoms with Gasteiger partial charge < -0.3 is 21.3 Å². The number of guanidine groups is 1. The molecule has 6 nitrogen and oxygen atoms in total. The van der Waals surface area contributed by atoms with E-state index in [1.54, 1.807) is 18.3 Å². The summed E-state index contributed by atoms with van der Waals surface area (Å²) >= 11 is 0. The van der Waals surface area contributed by atoms with Gasteiger partial charge in [0.25, 0.3) is 5.96 Å². The van der Waals surface area contributed by atoms with Gasteiger partial charge in [-0.25, -0.2) is 0 Å². The molecule has 80 valence electrons. The Balaban J connectivity index is 2.87. The third kappa shape index (κ3) is 3.18. The van der Waals surface area contributed by atoms with Crippen LogP contribution in [-0.2, 0) is 0 Å². The van der Waals surface area contributed by atoms with Gasteiger partial charge in [-0.3, -0.25) is 0 Å². The molecule has 1 rings (SSSR count). The second kappa shape index (κ2) is 4.85. The zero-order valence-electron chi connectivity index (χ0n) is 8.27. The average Bonchev–Trinajstić information content (AvgIpc) is 2.20. The van der Waals surface area contributed by atoms with Crippen molar-refractivity contribution in [2.45, 2.75) is 0 Å². The van der Waals surface area contributed by atoms with E-state index in [2.05, 4.69) is 10.2 Å². The van der Waals surface area contributed by atoms with Crippen LogP contribution in [0.2, 0.25) is 0 Å². The van der Waals surface area contributed by atoms with Gasteiger partial charge in [0.2, 0.25) is 6.21 Å². The summed E-state index contributed by atoms with van der Waals surface area (Å²) in [6.07, 6.45) is 1.57. The molecule has 0 atom stereocenters. The van der Waals surface area contributed by atoms with Gasteiger partial charge in [0.15, 0.2) is 11.5 Å². The fourth-order valence-corrected chi connectivity index (χ4v) is 0.965. The Morgan fingerprint density at radius 1 is 1.53 bits per heavy atom. The van der Waals surface area contributed by atoms with Crippen LogP contribution in [-0.4, -0.2) is 24.4 Å². The molecule has 15 heavy (non-hydrogen) atoms. The molecule has 0 saturated heterocycles. The molecule has 0 saturated carbocycles. The molecule has 1 aromatic rings. The average molecular weight is 209 g/mol. The van der Waals surface area contributed by atoms with E-state index in [1.807, 2.05) is 0 Å². The summed E-state index contributed by atoms with van der Waals surface area (Å²) in [5, 5.41) is 15.4. The summed E-state index contributed by atoms with van der Waals surface area (Å²) in [4.78, 5) is 0. The zero-order valence-corrected chi connectivity index (χ0v) is 8.27. The van der Waals surface area contributed by atoms with Crippen molar-refractivity contribution in [1.82, 2.24) is 0 Å². The molecule has 0 aliphatic heterocycles. The van der Waals surface area contributed by atoms with Crippen molar-refractivity contribution in [3.05, 3.63) is 23.8 Å². The molecule has 0 radical (unpaired) electrons. The lowest BCUT2D eigenvalue weighted by molar-refractivity contribution is -0.456. The standard InChI is InChI=1S/C9H12N4O2/c1-15-8-4-6(2-3-7(8)14)5-12-13-9(10)11/h2-5,14H,1H3,(H4,10,11,13)/p+1/b12-5+. The second-order valence-corrected chi connectivity index (χ2v) is 2.74. The van der Waals surface area contributed by atoms with Crippen LogP contribution in [0.1, 0.15) is 5.56 Å². The highest BCUT2D eigenvalue weighted by Crippen LogP contribution is 2.25. The largest absolute Gasteiger partial charge is 0.504 e. The Kier molecular flexibility index (Phi) is 3.50. The molecule has 6 heteroatoms. The number of aromatic hydroxyl groups is 1. The molecule has 0 aliphatic rings. The Hall–Kier alpha value is -2.24. The number of hydrogen-bond acceptors (Lipinski definition) is 3. The lowest BCUT2D eigenvalue weighted by atomic mass is 10.2. The van der Waals surface area contributed by atoms with Gasteiger partial charge in [-0.1, -0.05) is 0 Å². The third-order valence-electron chi connectivity index (χ3n) is 1.63. The smallest absolute Gasteiger partial charge is 0.256 e. The number of rotatable bonds is 3. The topological polar surface area (TPSA) is 108 Å². The fraction of sp³-hybridized carbons (Fsp3) is 0.111. The molecule has 0 unspecified atom stereocenters. The van der Waals surface area contributed by atoms with Crippen molar-refractivity contribution in [1.29, 1.82) is 0 Å². The maximum Gasteiger partial charge on any atom is 0.256 e. The number of nitrogens with two attached hydrogens (primary N) is 2. The zero-order chi connectivity index (χ0) is 11.3. The minimum atomic E-state index is -0.0583. The summed E-state index contributed by atoms with van der Waals surface area (Å²) in [5.74, 6) is 0.406. The number of methoxy groups -OCH3 is 1. The summed E-state index contributed by atoms with van der Waals surface area (Å²) in [7, 11) is 1.47. The van der Waals surface area contributed by atoms with Crippen LogP contribution in [0.4, 0.5) is 0 Å². The Morgan fingerprint density at radius 3 is 2.87 bits per heavy atom. The Bertz CT molecular complexity index is 397. The molecule has 0 aliphatic carbocycles. The SMILES string of the molecule is COc1cc(/C=[NH+]/N=C(N)N)ccc1O. The first-order valence-corrected chi connectivity index (χ1v) is 4.18. The lowest BCUT2D eigenvalue weighted by Gasteiger charge is -2.01. The number of ether oxygens (including phenoxy) is 1. The predicted octanol–water partition coefficient (Wildman–Crippen LogP) is -1.91. The number of benzene rings is 1. The lowest BCUT2D eigenvalue weighted by Crippen LogP contribution is -2.63. The van der Waals surface area contributed by atoms with E-state index in [0.29, 0.717) is 5.75 Å². The van der Waals surface area contributed by atoms with Gasteiger partial charge >= 0.3 is 0 Å². The van der Waals surface area contributed by atoms with E-state index in [-0.39, 0.29) is 11.7 Å². The molecule has 0 bridgehead atoms. The van der Waals surface area contributed by atoms with Gasteiger partial charge in [-0.15, -0.1) is 5.10 Å². The molecule has 6 N–H and O–H groups in total. The number of hydrazone groups is 1. The first-order chi connectivity index (χ1) is 7.13. The predicted molar refractivity (Wildman–Crippen MR) is 56.6 cm³/mol. The summed E-state index contributed by atoms with van der Waals surface area (Å²) < 4.78 is 4.93. The van der Waals surface area contributed by atoms with Crippen molar-refractivity contribution < 1.29 is 14.9 Å². The first-order valence-electron chi connectivity index (χ1n) is 4.18. The fourth-order valence-electron chi connectivity index (χ4n) is 0.965. The van der Waals surface area contributed by atoms with Gasteiger partial charge in [0.1, 0.15) is 0 Å². The van der Waals surface area contributed by atoms with Crippen molar-refractivity contribution in [3.63, 3.8) is 0 Å².